The number of rotatable bonds is 6. The number of carbonyl (C=O) groups excluding carboxylic acids is 2. The first-order chi connectivity index (χ1) is 20.8. The number of carbonyl (C=O) groups is 2. The third kappa shape index (κ3) is 6.89. The quantitative estimate of drug-likeness (QED) is 0.205. The lowest BCUT2D eigenvalue weighted by atomic mass is 9.95. The van der Waals surface area contributed by atoms with Crippen LogP contribution in [0, 0.1) is 11.6 Å². The molecule has 1 aliphatic rings. The van der Waals surface area contributed by atoms with Crippen molar-refractivity contribution in [1.29, 1.82) is 0 Å². The van der Waals surface area contributed by atoms with Crippen LogP contribution in [0.3, 0.4) is 0 Å². The van der Waals surface area contributed by atoms with Crippen molar-refractivity contribution in [2.75, 3.05) is 12.4 Å². The zero-order chi connectivity index (χ0) is 32.3. The highest BCUT2D eigenvalue weighted by Gasteiger charge is 2.41. The smallest absolute Gasteiger partial charge is 0.416 e. The number of halogens is 7. The van der Waals surface area contributed by atoms with Crippen LogP contribution in [0.25, 0.3) is 0 Å². The topological polar surface area (TPSA) is 58.6 Å². The third-order valence-electron chi connectivity index (χ3n) is 6.72. The number of hydrogen-bond acceptors (Lipinski definition) is 3. The van der Waals surface area contributed by atoms with E-state index in [1.165, 1.54) is 36.3 Å². The maximum Gasteiger partial charge on any atom is 0.416 e. The summed E-state index contributed by atoms with van der Waals surface area (Å²) >= 11 is 9.81. The van der Waals surface area contributed by atoms with Crippen LogP contribution in [0.5, 0.6) is 5.75 Å². The minimum atomic E-state index is -4.89. The molecular weight excluding hydrogens is 671 g/mol. The Morgan fingerprint density at radius 2 is 1.66 bits per heavy atom. The predicted octanol–water partition coefficient (Wildman–Crippen LogP) is 9.43. The maximum absolute atomic E-state index is 14.5. The summed E-state index contributed by atoms with van der Waals surface area (Å²) < 4.78 is 74.0. The molecule has 0 bridgehead atoms. The summed E-state index contributed by atoms with van der Waals surface area (Å²) in [6.45, 7) is 4.05. The van der Waals surface area contributed by atoms with Crippen LogP contribution in [-0.4, -0.2) is 23.8 Å². The van der Waals surface area contributed by atoms with Crippen molar-refractivity contribution >= 4 is 45.0 Å². The maximum atomic E-state index is 14.5. The average Bonchev–Trinajstić information content (AvgIpc) is 3.25. The third-order valence-corrected chi connectivity index (χ3v) is 7.52. The van der Waals surface area contributed by atoms with E-state index in [2.05, 4.69) is 21.2 Å². The number of fused-ring (bicyclic) bond motifs is 1. The molecule has 0 aromatic heterocycles. The van der Waals surface area contributed by atoms with Gasteiger partial charge in [-0.25, -0.2) is 8.78 Å². The van der Waals surface area contributed by atoms with Crippen molar-refractivity contribution in [2.24, 2.45) is 0 Å². The number of benzene rings is 4. The monoisotopic (exact) mass is 694 g/mol. The van der Waals surface area contributed by atoms with Gasteiger partial charge in [-0.05, 0) is 66.2 Å². The van der Waals surface area contributed by atoms with Crippen LogP contribution in [0.2, 0.25) is 5.02 Å². The van der Waals surface area contributed by atoms with E-state index in [-0.39, 0.29) is 40.0 Å². The second-order valence-electron chi connectivity index (χ2n) is 9.44. The number of nitrogens with zero attached hydrogens (tertiary/aromatic N) is 1. The molecule has 4 aromatic carbocycles. The van der Waals surface area contributed by atoms with E-state index in [1.54, 1.807) is 24.3 Å². The lowest BCUT2D eigenvalue weighted by molar-refractivity contribution is -0.137. The molecule has 44 heavy (non-hydrogen) atoms. The fraction of sp³-hybridized carbons (Fsp3) is 0.188. The molecule has 0 spiro atoms. The Kier molecular flexibility index (Phi) is 10.00. The number of alkyl halides is 3. The molecule has 1 aliphatic heterocycles. The van der Waals surface area contributed by atoms with Gasteiger partial charge >= 0.3 is 6.18 Å². The van der Waals surface area contributed by atoms with Gasteiger partial charge in [-0.2, -0.15) is 13.2 Å². The van der Waals surface area contributed by atoms with Crippen molar-refractivity contribution in [1.82, 2.24) is 4.90 Å². The van der Waals surface area contributed by atoms with Crippen LogP contribution in [0.4, 0.5) is 27.6 Å². The zero-order valence-corrected chi connectivity index (χ0v) is 25.9. The second-order valence-corrected chi connectivity index (χ2v) is 10.8. The molecule has 2 amide bonds. The normalized spacial score (nSPS) is 14.1. The van der Waals surface area contributed by atoms with E-state index in [9.17, 15) is 31.5 Å². The molecule has 0 fully saturated rings. The molecule has 0 saturated heterocycles. The Labute approximate surface area is 263 Å². The Morgan fingerprint density at radius 1 is 0.977 bits per heavy atom. The number of hydrogen-bond donors (Lipinski definition) is 1. The number of amides is 2. The fourth-order valence-electron chi connectivity index (χ4n) is 4.84. The van der Waals surface area contributed by atoms with Crippen molar-refractivity contribution in [3.8, 4) is 5.75 Å². The lowest BCUT2D eigenvalue weighted by Crippen LogP contribution is -2.28. The van der Waals surface area contributed by atoms with Crippen molar-refractivity contribution < 1.29 is 36.3 Å². The molecule has 1 N–H and O–H groups in total. The van der Waals surface area contributed by atoms with Gasteiger partial charge in [-0.3, -0.25) is 9.59 Å². The summed E-state index contributed by atoms with van der Waals surface area (Å²) in [5.74, 6) is -2.79. The summed E-state index contributed by atoms with van der Waals surface area (Å²) in [4.78, 5) is 28.4. The molecule has 1 heterocycles. The first-order valence-electron chi connectivity index (χ1n) is 13.3. The Balaban J connectivity index is 0.00000216. The molecule has 0 radical (unpaired) electrons. The summed E-state index contributed by atoms with van der Waals surface area (Å²) in [6.07, 6.45) is -4.89. The van der Waals surface area contributed by atoms with Crippen LogP contribution in [-0.2, 0) is 12.7 Å². The van der Waals surface area contributed by atoms with E-state index >= 15 is 0 Å². The van der Waals surface area contributed by atoms with E-state index in [0.29, 0.717) is 27.9 Å². The van der Waals surface area contributed by atoms with Gasteiger partial charge in [-0.1, -0.05) is 53.5 Å². The van der Waals surface area contributed by atoms with Crippen LogP contribution in [0.1, 0.15) is 62.9 Å². The first-order valence-corrected chi connectivity index (χ1v) is 14.4. The number of nitrogens with one attached hydrogen (secondary N) is 1. The molecule has 230 valence electrons. The van der Waals surface area contributed by atoms with Gasteiger partial charge in [0.15, 0.2) is 0 Å². The van der Waals surface area contributed by atoms with Gasteiger partial charge in [0.25, 0.3) is 11.8 Å². The molecular formula is C32H25BrClF5N2O3. The van der Waals surface area contributed by atoms with Crippen LogP contribution < -0.4 is 10.1 Å². The van der Waals surface area contributed by atoms with Crippen LogP contribution in [0.15, 0.2) is 77.3 Å². The number of ether oxygens (including phenoxy) is 1. The highest BCUT2D eigenvalue weighted by Crippen LogP contribution is 2.47. The molecule has 5 rings (SSSR count). The number of anilines is 1. The summed E-state index contributed by atoms with van der Waals surface area (Å²) in [7, 11) is 1.51. The van der Waals surface area contributed by atoms with Crippen molar-refractivity contribution in [2.45, 2.75) is 32.6 Å². The van der Waals surface area contributed by atoms with Gasteiger partial charge in [0, 0.05) is 44.0 Å². The minimum absolute atomic E-state index is 0.0399. The van der Waals surface area contributed by atoms with E-state index in [4.69, 9.17) is 16.3 Å². The first kappa shape index (κ1) is 32.9. The lowest BCUT2D eigenvalue weighted by Gasteiger charge is -2.28. The molecule has 5 nitrogen and oxygen atoms in total. The minimum Gasteiger partial charge on any atom is -0.497 e. The Bertz CT molecular complexity index is 1710. The van der Waals surface area contributed by atoms with Crippen molar-refractivity contribution in [3.05, 3.63) is 127 Å². The predicted molar refractivity (Wildman–Crippen MR) is 161 cm³/mol. The number of methoxy groups -OCH3 is 1. The average molecular weight is 696 g/mol. The van der Waals surface area contributed by atoms with Crippen molar-refractivity contribution in [3.63, 3.8) is 0 Å². The summed E-state index contributed by atoms with van der Waals surface area (Å²) in [5, 5.41) is 2.66. The van der Waals surface area contributed by atoms with E-state index in [1.807, 2.05) is 13.8 Å². The Morgan fingerprint density at radius 3 is 2.30 bits per heavy atom. The SMILES string of the molecule is CC.COc1ccc(CN2C(=O)c3cc(Br)cc(NC(=O)c4cc(F)cc(C(F)(F)F)c4)c3C2c2cc(F)ccc2Cl)cc1. The molecule has 0 saturated carbocycles. The fourth-order valence-corrected chi connectivity index (χ4v) is 5.52. The summed E-state index contributed by atoms with van der Waals surface area (Å²) in [6, 6.07) is 14.0. The second kappa shape index (κ2) is 13.4. The van der Waals surface area contributed by atoms with E-state index < -0.39 is 46.8 Å². The van der Waals surface area contributed by atoms with Gasteiger partial charge < -0.3 is 15.0 Å². The largest absolute Gasteiger partial charge is 0.497 e. The highest BCUT2D eigenvalue weighted by atomic mass is 79.9. The van der Waals surface area contributed by atoms with Gasteiger partial charge in [0.1, 0.15) is 17.4 Å². The molecule has 12 heteroatoms. The van der Waals surface area contributed by atoms with Gasteiger partial charge in [0.2, 0.25) is 0 Å². The van der Waals surface area contributed by atoms with Crippen LogP contribution >= 0.6 is 27.5 Å². The standard InChI is InChI=1S/C30H19BrClF5N2O3.C2H6/c1-42-21-5-2-15(3-6-21)14-39-27(22-13-19(33)4-7-24(22)32)26-23(29(39)41)11-18(31)12-25(26)38-28(40)16-8-17(30(35,36)37)10-20(34)9-16;1-2/h2-13,27H,14H2,1H3,(H,38,40);1-2H3. The molecule has 0 aliphatic carbocycles. The highest BCUT2D eigenvalue weighted by molar-refractivity contribution is 9.10. The van der Waals surface area contributed by atoms with Gasteiger partial charge in [-0.15, -0.1) is 0 Å². The van der Waals surface area contributed by atoms with Gasteiger partial charge in [0.05, 0.1) is 18.7 Å². The summed E-state index contributed by atoms with van der Waals surface area (Å²) in [5.41, 5.74) is -0.566. The molecule has 4 aromatic rings. The van der Waals surface area contributed by atoms with E-state index in [0.717, 1.165) is 6.07 Å². The Hall–Kier alpha value is -3.96. The molecule has 1 atom stereocenters. The zero-order valence-electron chi connectivity index (χ0n) is 23.5. The molecule has 1 unspecified atom stereocenters.